The van der Waals surface area contributed by atoms with E-state index in [-0.39, 0.29) is 10.0 Å². The third-order valence-electron chi connectivity index (χ3n) is 0.575. The molecule has 48 valence electrons. The third kappa shape index (κ3) is 5.20. The summed E-state index contributed by atoms with van der Waals surface area (Å²) in [7, 11) is 3.79. The maximum Gasteiger partial charge on any atom is 0.411 e. The van der Waals surface area contributed by atoms with Gasteiger partial charge >= 0.3 is 18.6 Å². The van der Waals surface area contributed by atoms with E-state index in [1.165, 1.54) is 0 Å². The van der Waals surface area contributed by atoms with Crippen molar-refractivity contribution in [1.29, 1.82) is 0 Å². The molecule has 0 bridgehead atoms. The highest BCUT2D eigenvalue weighted by molar-refractivity contribution is 6.71. The third-order valence-corrected chi connectivity index (χ3v) is 5.17. The SMILES string of the molecule is C[Si](C)(O[Si])O[Si]O[Si]. The highest BCUT2D eigenvalue weighted by Gasteiger charge is 2.21. The molecule has 0 spiro atoms. The fraction of sp³-hybridized carbons (Fsp3) is 1.00. The Balaban J connectivity index is 3.33. The molecule has 0 heterocycles. The molecule has 0 aliphatic carbocycles. The summed E-state index contributed by atoms with van der Waals surface area (Å²) in [6, 6.07) is 0. The highest BCUT2D eigenvalue weighted by Crippen LogP contribution is 2.01. The summed E-state index contributed by atoms with van der Waals surface area (Å²) in [6.07, 6.45) is 0. The molecule has 0 saturated heterocycles. The maximum absolute atomic E-state index is 5.15. The van der Waals surface area contributed by atoms with Crippen LogP contribution in [0.3, 0.4) is 0 Å². The fourth-order valence-corrected chi connectivity index (χ4v) is 2.03. The van der Waals surface area contributed by atoms with Crippen LogP contribution in [-0.4, -0.2) is 39.5 Å². The zero-order valence-electron chi connectivity index (χ0n) is 5.22. The van der Waals surface area contributed by atoms with Crippen molar-refractivity contribution in [3.05, 3.63) is 0 Å². The molecule has 0 saturated carbocycles. The first kappa shape index (κ1) is 9.75. The Morgan fingerprint density at radius 2 is 1.89 bits per heavy atom. The largest absolute Gasteiger partial charge is 0.437 e. The van der Waals surface area contributed by atoms with E-state index in [1.807, 2.05) is 13.1 Å². The van der Waals surface area contributed by atoms with E-state index in [1.54, 1.807) is 0 Å². The Kier molecular flexibility index (Phi) is 4.92. The Labute approximate surface area is 65.5 Å². The van der Waals surface area contributed by atoms with Crippen molar-refractivity contribution >= 4 is 39.5 Å². The zero-order chi connectivity index (χ0) is 7.33. The molecule has 0 rings (SSSR count). The molecule has 0 aliphatic rings. The average molecular weight is 190 g/mol. The van der Waals surface area contributed by atoms with Gasteiger partial charge in [0.2, 0.25) is 21.0 Å². The van der Waals surface area contributed by atoms with Gasteiger partial charge in [-0.1, -0.05) is 0 Å². The van der Waals surface area contributed by atoms with Crippen LogP contribution in [0.4, 0.5) is 0 Å². The van der Waals surface area contributed by atoms with Crippen molar-refractivity contribution in [2.75, 3.05) is 0 Å². The van der Waals surface area contributed by atoms with Gasteiger partial charge < -0.3 is 12.3 Å². The van der Waals surface area contributed by atoms with Crippen molar-refractivity contribution in [2.24, 2.45) is 0 Å². The van der Waals surface area contributed by atoms with Crippen molar-refractivity contribution in [3.8, 4) is 0 Å². The highest BCUT2D eigenvalue weighted by atomic mass is 28.4. The summed E-state index contributed by atoms with van der Waals surface area (Å²) in [5.74, 6) is 0. The first-order chi connectivity index (χ1) is 4.12. The second-order valence-corrected chi connectivity index (χ2v) is 7.21. The monoisotopic (exact) mass is 190 g/mol. The second-order valence-electron chi connectivity index (χ2n) is 1.79. The van der Waals surface area contributed by atoms with Crippen LogP contribution in [-0.2, 0) is 12.3 Å². The van der Waals surface area contributed by atoms with E-state index in [4.69, 9.17) is 8.23 Å². The Bertz CT molecular complexity index is 76.2. The van der Waals surface area contributed by atoms with E-state index < -0.39 is 8.56 Å². The lowest BCUT2D eigenvalue weighted by molar-refractivity contribution is 0.394. The van der Waals surface area contributed by atoms with Crippen molar-refractivity contribution in [2.45, 2.75) is 13.1 Å². The molecule has 0 aromatic heterocycles. The van der Waals surface area contributed by atoms with Crippen LogP contribution in [0, 0.1) is 0 Å². The molecule has 0 amide bonds. The minimum absolute atomic E-state index is 0.00772. The smallest absolute Gasteiger partial charge is 0.411 e. The van der Waals surface area contributed by atoms with Gasteiger partial charge in [-0.2, -0.15) is 0 Å². The number of hydrogen-bond acceptors (Lipinski definition) is 3. The molecular formula is C2H6O3Si4. The molecule has 0 atom stereocenters. The summed E-state index contributed by atoms with van der Waals surface area (Å²) in [5.41, 5.74) is 0. The Morgan fingerprint density at radius 3 is 2.22 bits per heavy atom. The maximum atomic E-state index is 5.15. The summed E-state index contributed by atoms with van der Waals surface area (Å²) >= 11 is 0. The lowest BCUT2D eigenvalue weighted by atomic mass is 11.9. The topological polar surface area (TPSA) is 27.7 Å². The van der Waals surface area contributed by atoms with Gasteiger partial charge in [0.25, 0.3) is 0 Å². The van der Waals surface area contributed by atoms with Crippen LogP contribution in [0.15, 0.2) is 0 Å². The standard InChI is InChI=1S/C2H6O3Si4/c1-9(2,4-7)5-8-3-6/h1-2H3. The van der Waals surface area contributed by atoms with E-state index in [0.717, 1.165) is 0 Å². The molecule has 8 radical (unpaired) electrons. The molecule has 0 N–H and O–H groups in total. The van der Waals surface area contributed by atoms with Crippen molar-refractivity contribution < 1.29 is 12.3 Å². The molecule has 0 aromatic carbocycles. The van der Waals surface area contributed by atoms with Crippen molar-refractivity contribution in [1.82, 2.24) is 0 Å². The van der Waals surface area contributed by atoms with Crippen LogP contribution >= 0.6 is 0 Å². The second kappa shape index (κ2) is 4.55. The lowest BCUT2D eigenvalue weighted by Gasteiger charge is -2.18. The predicted octanol–water partition coefficient (Wildman–Crippen LogP) is -0.561. The Morgan fingerprint density at radius 1 is 1.33 bits per heavy atom. The number of hydrogen-bond donors (Lipinski definition) is 0. The van der Waals surface area contributed by atoms with E-state index in [0.29, 0.717) is 0 Å². The molecule has 9 heavy (non-hydrogen) atoms. The van der Waals surface area contributed by atoms with E-state index >= 15 is 0 Å². The van der Waals surface area contributed by atoms with Gasteiger partial charge in [-0.05, 0) is 13.1 Å². The van der Waals surface area contributed by atoms with Crippen molar-refractivity contribution in [3.63, 3.8) is 0 Å². The minimum atomic E-state index is -1.93. The van der Waals surface area contributed by atoms with Gasteiger partial charge in [-0.15, -0.1) is 0 Å². The molecular weight excluding hydrogens is 184 g/mol. The summed E-state index contributed by atoms with van der Waals surface area (Å²) in [5, 5.41) is 0. The Hall–Kier alpha value is 0.748. The summed E-state index contributed by atoms with van der Waals surface area (Å²) < 4.78 is 14.5. The quantitative estimate of drug-likeness (QED) is 0.556. The molecule has 0 aliphatic heterocycles. The average Bonchev–Trinajstić information content (AvgIpc) is 1.84. The summed E-state index contributed by atoms with van der Waals surface area (Å²) in [4.78, 5) is 0. The molecule has 7 heteroatoms. The van der Waals surface area contributed by atoms with Crippen LogP contribution in [0.5, 0.6) is 0 Å². The van der Waals surface area contributed by atoms with Crippen LogP contribution in [0.2, 0.25) is 13.1 Å². The van der Waals surface area contributed by atoms with Gasteiger partial charge in [0.05, 0.1) is 0 Å². The fourth-order valence-electron chi connectivity index (χ4n) is 0.142. The number of rotatable bonds is 4. The van der Waals surface area contributed by atoms with Crippen LogP contribution in [0.1, 0.15) is 0 Å². The first-order valence-corrected chi connectivity index (χ1v) is 6.67. The van der Waals surface area contributed by atoms with Gasteiger partial charge in [-0.3, -0.25) is 0 Å². The molecule has 3 nitrogen and oxygen atoms in total. The van der Waals surface area contributed by atoms with Crippen LogP contribution in [0.25, 0.3) is 0 Å². The first-order valence-electron chi connectivity index (χ1n) is 2.22. The van der Waals surface area contributed by atoms with Gasteiger partial charge in [0, 0.05) is 0 Å². The summed E-state index contributed by atoms with van der Waals surface area (Å²) in [6.45, 7) is 3.80. The lowest BCUT2D eigenvalue weighted by Crippen LogP contribution is -2.35. The predicted molar refractivity (Wildman–Crippen MR) is 38.0 cm³/mol. The van der Waals surface area contributed by atoms with Crippen LogP contribution < -0.4 is 0 Å². The molecule has 0 fully saturated rings. The van der Waals surface area contributed by atoms with Gasteiger partial charge in [-0.25, -0.2) is 0 Å². The van der Waals surface area contributed by atoms with E-state index in [9.17, 15) is 0 Å². The van der Waals surface area contributed by atoms with Gasteiger partial charge in [0.15, 0.2) is 0 Å². The normalized spacial score (nSPS) is 12.0. The van der Waals surface area contributed by atoms with Gasteiger partial charge in [0.1, 0.15) is 0 Å². The minimum Gasteiger partial charge on any atom is -0.437 e. The van der Waals surface area contributed by atoms with E-state index in [2.05, 4.69) is 25.1 Å². The zero-order valence-corrected chi connectivity index (χ0v) is 9.22. The molecule has 0 aromatic rings. The molecule has 0 unspecified atom stereocenters.